The van der Waals surface area contributed by atoms with Crippen LogP contribution in [0.5, 0.6) is 0 Å². The molecule has 0 aliphatic carbocycles. The lowest BCUT2D eigenvalue weighted by molar-refractivity contribution is -0.129. The van der Waals surface area contributed by atoms with Crippen LogP contribution in [0.4, 0.5) is 0 Å². The SMILES string of the molecule is CC(=O)C1=C(O)C(=O)N(CCc2c[nH]c3ccccc23)C1c1ccc(C(=O)OC(C)(C)C)cc1. The fourth-order valence-corrected chi connectivity index (χ4v) is 4.31. The molecule has 0 fully saturated rings. The lowest BCUT2D eigenvalue weighted by Crippen LogP contribution is -2.33. The van der Waals surface area contributed by atoms with Gasteiger partial charge >= 0.3 is 5.97 Å². The molecule has 0 spiro atoms. The van der Waals surface area contributed by atoms with E-state index in [1.54, 1.807) is 45.0 Å². The number of aromatic amines is 1. The molecule has 2 heterocycles. The van der Waals surface area contributed by atoms with Gasteiger partial charge in [-0.15, -0.1) is 0 Å². The van der Waals surface area contributed by atoms with E-state index in [2.05, 4.69) is 4.98 Å². The average molecular weight is 461 g/mol. The Balaban J connectivity index is 1.62. The Labute approximate surface area is 198 Å². The molecule has 7 heteroatoms. The van der Waals surface area contributed by atoms with Crippen LogP contribution in [0.2, 0.25) is 0 Å². The molecule has 0 saturated carbocycles. The average Bonchev–Trinajstić information content (AvgIpc) is 3.30. The minimum Gasteiger partial charge on any atom is -0.503 e. The van der Waals surface area contributed by atoms with Gasteiger partial charge in [0.2, 0.25) is 0 Å². The van der Waals surface area contributed by atoms with Crippen LogP contribution in [0, 0.1) is 0 Å². The summed E-state index contributed by atoms with van der Waals surface area (Å²) in [7, 11) is 0. The summed E-state index contributed by atoms with van der Waals surface area (Å²) in [6, 6.07) is 13.8. The highest BCUT2D eigenvalue weighted by Gasteiger charge is 2.42. The Kier molecular flexibility index (Phi) is 6.04. The van der Waals surface area contributed by atoms with Crippen LogP contribution in [0.15, 0.2) is 66.1 Å². The van der Waals surface area contributed by atoms with E-state index in [1.807, 2.05) is 30.5 Å². The number of hydrogen-bond donors (Lipinski definition) is 2. The maximum absolute atomic E-state index is 12.9. The molecule has 0 radical (unpaired) electrons. The van der Waals surface area contributed by atoms with E-state index in [9.17, 15) is 19.5 Å². The second-order valence-electron chi connectivity index (χ2n) is 9.45. The number of hydrogen-bond acceptors (Lipinski definition) is 5. The number of nitrogens with one attached hydrogen (secondary N) is 1. The van der Waals surface area contributed by atoms with Crippen LogP contribution in [0.3, 0.4) is 0 Å². The van der Waals surface area contributed by atoms with Gasteiger partial charge in [-0.1, -0.05) is 30.3 Å². The summed E-state index contributed by atoms with van der Waals surface area (Å²) in [5.74, 6) is -1.93. The van der Waals surface area contributed by atoms with Gasteiger partial charge in [0.05, 0.1) is 17.2 Å². The highest BCUT2D eigenvalue weighted by atomic mass is 16.6. The molecule has 1 aliphatic rings. The van der Waals surface area contributed by atoms with Crippen molar-refractivity contribution >= 4 is 28.6 Å². The van der Waals surface area contributed by atoms with E-state index in [0.29, 0.717) is 24.1 Å². The minimum atomic E-state index is -0.733. The van der Waals surface area contributed by atoms with Crippen LogP contribution < -0.4 is 0 Å². The molecular weight excluding hydrogens is 432 g/mol. The lowest BCUT2D eigenvalue weighted by Gasteiger charge is -2.27. The second kappa shape index (κ2) is 8.82. The molecule has 0 saturated heterocycles. The number of H-pyrrole nitrogens is 1. The molecule has 1 aliphatic heterocycles. The molecule has 1 unspecified atom stereocenters. The van der Waals surface area contributed by atoms with Gasteiger partial charge in [0.1, 0.15) is 5.60 Å². The van der Waals surface area contributed by atoms with Crippen molar-refractivity contribution in [2.75, 3.05) is 6.54 Å². The summed E-state index contributed by atoms with van der Waals surface area (Å²) in [6.07, 6.45) is 2.45. The fraction of sp³-hybridized carbons (Fsp3) is 0.296. The third-order valence-electron chi connectivity index (χ3n) is 5.84. The first-order valence-corrected chi connectivity index (χ1v) is 11.2. The molecule has 1 atom stereocenters. The number of rotatable bonds is 6. The van der Waals surface area contributed by atoms with E-state index in [0.717, 1.165) is 16.5 Å². The fourth-order valence-electron chi connectivity index (χ4n) is 4.31. The van der Waals surface area contributed by atoms with Gasteiger partial charge in [0, 0.05) is 23.6 Å². The van der Waals surface area contributed by atoms with Crippen molar-refractivity contribution in [2.24, 2.45) is 0 Å². The predicted molar refractivity (Wildman–Crippen MR) is 128 cm³/mol. The van der Waals surface area contributed by atoms with Crippen molar-refractivity contribution in [3.63, 3.8) is 0 Å². The van der Waals surface area contributed by atoms with Gasteiger partial charge in [-0.05, 0) is 63.4 Å². The molecule has 1 amide bonds. The number of aliphatic hydroxyl groups is 1. The van der Waals surface area contributed by atoms with E-state index >= 15 is 0 Å². The van der Waals surface area contributed by atoms with Crippen molar-refractivity contribution in [3.05, 3.63) is 82.8 Å². The van der Waals surface area contributed by atoms with Gasteiger partial charge in [0.25, 0.3) is 5.91 Å². The van der Waals surface area contributed by atoms with Crippen molar-refractivity contribution in [1.29, 1.82) is 0 Å². The largest absolute Gasteiger partial charge is 0.503 e. The number of carbonyl (C=O) groups is 3. The standard InChI is InChI=1S/C27H28N2O5/c1-16(30)22-23(17-9-11-18(12-10-17)26(33)34-27(2,3)4)29(25(32)24(22)31)14-13-19-15-28-21-8-6-5-7-20(19)21/h5-12,15,23,28,31H,13-14H2,1-4H3. The first kappa shape index (κ1) is 23.3. The number of fused-ring (bicyclic) bond motifs is 1. The zero-order chi connectivity index (χ0) is 24.6. The van der Waals surface area contributed by atoms with Gasteiger partial charge < -0.3 is 19.7 Å². The number of esters is 1. The van der Waals surface area contributed by atoms with Crippen molar-refractivity contribution in [3.8, 4) is 0 Å². The van der Waals surface area contributed by atoms with Gasteiger partial charge in [-0.3, -0.25) is 9.59 Å². The number of aliphatic hydroxyl groups excluding tert-OH is 1. The van der Waals surface area contributed by atoms with Crippen LogP contribution in [0.1, 0.15) is 55.2 Å². The maximum Gasteiger partial charge on any atom is 0.338 e. The Morgan fingerprint density at radius 3 is 2.41 bits per heavy atom. The first-order chi connectivity index (χ1) is 16.1. The van der Waals surface area contributed by atoms with Crippen molar-refractivity contribution < 1.29 is 24.2 Å². The Bertz CT molecular complexity index is 1290. The number of carbonyl (C=O) groups excluding carboxylic acids is 3. The molecular formula is C27H28N2O5. The number of benzene rings is 2. The monoisotopic (exact) mass is 460 g/mol. The number of para-hydroxylation sites is 1. The Morgan fingerprint density at radius 1 is 1.09 bits per heavy atom. The molecule has 176 valence electrons. The summed E-state index contributed by atoms with van der Waals surface area (Å²) < 4.78 is 5.41. The van der Waals surface area contributed by atoms with Crippen LogP contribution in [0.25, 0.3) is 10.9 Å². The predicted octanol–water partition coefficient (Wildman–Crippen LogP) is 4.65. The summed E-state index contributed by atoms with van der Waals surface area (Å²) >= 11 is 0. The van der Waals surface area contributed by atoms with Gasteiger partial charge in [0.15, 0.2) is 11.5 Å². The molecule has 34 heavy (non-hydrogen) atoms. The molecule has 1 aromatic heterocycles. The molecule has 4 rings (SSSR count). The Morgan fingerprint density at radius 2 is 1.76 bits per heavy atom. The van der Waals surface area contributed by atoms with Gasteiger partial charge in [-0.25, -0.2) is 4.79 Å². The Hall–Kier alpha value is -3.87. The minimum absolute atomic E-state index is 0.0638. The normalized spacial score (nSPS) is 16.4. The van der Waals surface area contributed by atoms with E-state index in [1.165, 1.54) is 11.8 Å². The molecule has 3 aromatic rings. The van der Waals surface area contributed by atoms with E-state index < -0.39 is 29.3 Å². The van der Waals surface area contributed by atoms with Crippen molar-refractivity contribution in [2.45, 2.75) is 45.8 Å². The summed E-state index contributed by atoms with van der Waals surface area (Å²) in [6.45, 7) is 7.02. The number of nitrogens with zero attached hydrogens (tertiary/aromatic N) is 1. The highest BCUT2D eigenvalue weighted by Crippen LogP contribution is 2.38. The van der Waals surface area contributed by atoms with Crippen LogP contribution in [-0.4, -0.2) is 44.8 Å². The number of amides is 1. The third kappa shape index (κ3) is 4.46. The van der Waals surface area contributed by atoms with Crippen molar-refractivity contribution in [1.82, 2.24) is 9.88 Å². The van der Waals surface area contributed by atoms with E-state index in [-0.39, 0.29) is 11.4 Å². The summed E-state index contributed by atoms with van der Waals surface area (Å²) in [4.78, 5) is 42.5. The van der Waals surface area contributed by atoms with Gasteiger partial charge in [-0.2, -0.15) is 0 Å². The molecule has 2 aromatic carbocycles. The smallest absolute Gasteiger partial charge is 0.338 e. The molecule has 2 N–H and O–H groups in total. The number of aromatic nitrogens is 1. The van der Waals surface area contributed by atoms with Crippen LogP contribution in [-0.2, 0) is 20.7 Å². The zero-order valence-corrected chi connectivity index (χ0v) is 19.7. The van der Waals surface area contributed by atoms with E-state index in [4.69, 9.17) is 4.74 Å². The number of Topliss-reactive ketones (excluding diaryl/α,β-unsaturated/α-hetero) is 1. The third-order valence-corrected chi connectivity index (χ3v) is 5.84. The topological polar surface area (TPSA) is 99.7 Å². The second-order valence-corrected chi connectivity index (χ2v) is 9.45. The highest BCUT2D eigenvalue weighted by molar-refractivity contribution is 6.08. The maximum atomic E-state index is 12.9. The quantitative estimate of drug-likeness (QED) is 0.522. The summed E-state index contributed by atoms with van der Waals surface area (Å²) in [5.41, 5.74) is 2.49. The number of ether oxygens (including phenoxy) is 1. The van der Waals surface area contributed by atoms with Crippen LogP contribution >= 0.6 is 0 Å². The molecule has 0 bridgehead atoms. The number of ketones is 1. The summed E-state index contributed by atoms with van der Waals surface area (Å²) in [5, 5.41) is 11.6. The zero-order valence-electron chi connectivity index (χ0n) is 19.7. The lowest BCUT2D eigenvalue weighted by atomic mass is 9.95. The molecule has 7 nitrogen and oxygen atoms in total. The first-order valence-electron chi connectivity index (χ1n) is 11.2.